The van der Waals surface area contributed by atoms with Crippen LogP contribution in [-0.4, -0.2) is 43.3 Å². The fourth-order valence-electron chi connectivity index (χ4n) is 2.19. The van der Waals surface area contributed by atoms with Crippen LogP contribution in [0.3, 0.4) is 0 Å². The van der Waals surface area contributed by atoms with Gasteiger partial charge in [-0.25, -0.2) is 0 Å². The zero-order chi connectivity index (χ0) is 12.1. The van der Waals surface area contributed by atoms with Crippen LogP contribution in [0, 0.1) is 5.92 Å². The number of nitrogens with one attached hydrogen (secondary N) is 1. The number of amides is 1. The molecule has 0 aromatic heterocycles. The van der Waals surface area contributed by atoms with Crippen molar-refractivity contribution in [2.45, 2.75) is 45.8 Å². The van der Waals surface area contributed by atoms with Gasteiger partial charge in [0.15, 0.2) is 0 Å². The van der Waals surface area contributed by atoms with Crippen molar-refractivity contribution in [3.8, 4) is 0 Å². The van der Waals surface area contributed by atoms with E-state index in [1.165, 1.54) is 0 Å². The van der Waals surface area contributed by atoms with Crippen LogP contribution in [0.25, 0.3) is 0 Å². The first-order valence-electron chi connectivity index (χ1n) is 6.17. The number of methoxy groups -OCH3 is 1. The minimum absolute atomic E-state index is 0.00857. The van der Waals surface area contributed by atoms with Gasteiger partial charge in [0.05, 0.1) is 18.8 Å². The number of nitrogens with zero attached hydrogens (tertiary/aromatic N) is 1. The van der Waals surface area contributed by atoms with Gasteiger partial charge in [0, 0.05) is 13.7 Å². The third kappa shape index (κ3) is 2.95. The summed E-state index contributed by atoms with van der Waals surface area (Å²) in [6.45, 7) is 7.68. The fraction of sp³-hybridized carbons (Fsp3) is 0.917. The molecule has 0 aromatic rings. The molecule has 1 amide bonds. The minimum Gasteiger partial charge on any atom is -0.383 e. The molecule has 4 nitrogen and oxygen atoms in total. The molecule has 1 fully saturated rings. The highest BCUT2D eigenvalue weighted by atomic mass is 16.5. The zero-order valence-corrected chi connectivity index (χ0v) is 10.8. The van der Waals surface area contributed by atoms with Crippen LogP contribution in [-0.2, 0) is 9.53 Å². The van der Waals surface area contributed by atoms with Gasteiger partial charge in [-0.05, 0) is 12.3 Å². The van der Waals surface area contributed by atoms with E-state index in [2.05, 4.69) is 26.1 Å². The summed E-state index contributed by atoms with van der Waals surface area (Å²) in [5.41, 5.74) is 0. The van der Waals surface area contributed by atoms with E-state index in [1.807, 2.05) is 4.90 Å². The number of rotatable bonds is 6. The van der Waals surface area contributed by atoms with E-state index in [0.717, 1.165) is 12.8 Å². The number of carbonyl (C=O) groups excluding carboxylic acids is 1. The lowest BCUT2D eigenvalue weighted by atomic mass is 10.1. The number of carbonyl (C=O) groups is 1. The summed E-state index contributed by atoms with van der Waals surface area (Å²) in [4.78, 5) is 14.0. The predicted molar refractivity (Wildman–Crippen MR) is 64.0 cm³/mol. The Morgan fingerprint density at radius 2 is 2.19 bits per heavy atom. The van der Waals surface area contributed by atoms with Crippen molar-refractivity contribution in [2.24, 2.45) is 5.92 Å². The third-order valence-corrected chi connectivity index (χ3v) is 3.03. The van der Waals surface area contributed by atoms with E-state index in [0.29, 0.717) is 19.1 Å². The lowest BCUT2D eigenvalue weighted by Crippen LogP contribution is -2.42. The van der Waals surface area contributed by atoms with Crippen LogP contribution in [0.2, 0.25) is 0 Å². The lowest BCUT2D eigenvalue weighted by Gasteiger charge is -2.26. The molecule has 94 valence electrons. The van der Waals surface area contributed by atoms with E-state index in [-0.39, 0.29) is 18.1 Å². The molecule has 4 heteroatoms. The largest absolute Gasteiger partial charge is 0.383 e. The Balaban J connectivity index is 2.64. The molecule has 0 saturated carbocycles. The SMILES string of the molecule is CCCC1NC(C(C)C)N(CCOC)C1=O. The number of ether oxygens (including phenoxy) is 1. The number of hydrogen-bond donors (Lipinski definition) is 1. The molecular weight excluding hydrogens is 204 g/mol. The molecule has 2 unspecified atom stereocenters. The van der Waals surface area contributed by atoms with Gasteiger partial charge in [-0.2, -0.15) is 0 Å². The second-order valence-electron chi connectivity index (χ2n) is 4.72. The van der Waals surface area contributed by atoms with Gasteiger partial charge in [0.25, 0.3) is 0 Å². The average molecular weight is 228 g/mol. The molecule has 16 heavy (non-hydrogen) atoms. The van der Waals surface area contributed by atoms with Crippen LogP contribution < -0.4 is 5.32 Å². The van der Waals surface area contributed by atoms with Gasteiger partial charge in [0.2, 0.25) is 5.91 Å². The topological polar surface area (TPSA) is 41.6 Å². The van der Waals surface area contributed by atoms with Crippen LogP contribution in [0.5, 0.6) is 0 Å². The van der Waals surface area contributed by atoms with E-state index in [9.17, 15) is 4.79 Å². The van der Waals surface area contributed by atoms with E-state index in [1.54, 1.807) is 7.11 Å². The third-order valence-electron chi connectivity index (χ3n) is 3.03. The molecule has 0 aliphatic carbocycles. The van der Waals surface area contributed by atoms with Crippen molar-refractivity contribution in [2.75, 3.05) is 20.3 Å². The summed E-state index contributed by atoms with van der Waals surface area (Å²) in [5, 5.41) is 3.42. The van der Waals surface area contributed by atoms with E-state index < -0.39 is 0 Å². The molecular formula is C12H24N2O2. The first kappa shape index (κ1) is 13.5. The first-order valence-corrected chi connectivity index (χ1v) is 6.17. The van der Waals surface area contributed by atoms with Crippen molar-refractivity contribution in [1.82, 2.24) is 10.2 Å². The number of hydrogen-bond acceptors (Lipinski definition) is 3. The summed E-state index contributed by atoms with van der Waals surface area (Å²) >= 11 is 0. The molecule has 0 bridgehead atoms. The molecule has 0 radical (unpaired) electrons. The molecule has 1 aliphatic rings. The molecule has 2 atom stereocenters. The van der Waals surface area contributed by atoms with Crippen LogP contribution in [0.1, 0.15) is 33.6 Å². The lowest BCUT2D eigenvalue weighted by molar-refractivity contribution is -0.131. The van der Waals surface area contributed by atoms with Crippen molar-refractivity contribution in [1.29, 1.82) is 0 Å². The Hall–Kier alpha value is -0.610. The fourth-order valence-corrected chi connectivity index (χ4v) is 2.19. The van der Waals surface area contributed by atoms with E-state index in [4.69, 9.17) is 4.74 Å². The van der Waals surface area contributed by atoms with Gasteiger partial charge >= 0.3 is 0 Å². The average Bonchev–Trinajstić information content (AvgIpc) is 2.55. The van der Waals surface area contributed by atoms with E-state index >= 15 is 0 Å². The zero-order valence-electron chi connectivity index (χ0n) is 10.8. The van der Waals surface area contributed by atoms with Crippen molar-refractivity contribution in [3.05, 3.63) is 0 Å². The highest BCUT2D eigenvalue weighted by Crippen LogP contribution is 2.19. The smallest absolute Gasteiger partial charge is 0.241 e. The minimum atomic E-state index is 0.00857. The first-order chi connectivity index (χ1) is 7.61. The Labute approximate surface area is 98.3 Å². The normalized spacial score (nSPS) is 25.8. The highest BCUT2D eigenvalue weighted by molar-refractivity contribution is 5.84. The van der Waals surface area contributed by atoms with Gasteiger partial charge in [0.1, 0.15) is 0 Å². The van der Waals surface area contributed by atoms with Gasteiger partial charge in [-0.15, -0.1) is 0 Å². The maximum Gasteiger partial charge on any atom is 0.241 e. The maximum absolute atomic E-state index is 12.1. The Morgan fingerprint density at radius 1 is 1.50 bits per heavy atom. The Bertz CT molecular complexity index is 231. The second kappa shape index (κ2) is 6.21. The van der Waals surface area contributed by atoms with Crippen molar-refractivity contribution < 1.29 is 9.53 Å². The second-order valence-corrected chi connectivity index (χ2v) is 4.72. The molecule has 1 rings (SSSR count). The molecule has 1 saturated heterocycles. The summed E-state index contributed by atoms with van der Waals surface area (Å²) in [6, 6.07) is 0.00857. The standard InChI is InChI=1S/C12H24N2O2/c1-5-6-10-12(15)14(7-8-16-4)11(13-10)9(2)3/h9-11,13H,5-8H2,1-4H3. The Morgan fingerprint density at radius 3 is 2.69 bits per heavy atom. The van der Waals surface area contributed by atoms with Crippen molar-refractivity contribution in [3.63, 3.8) is 0 Å². The summed E-state index contributed by atoms with van der Waals surface area (Å²) < 4.78 is 5.05. The summed E-state index contributed by atoms with van der Waals surface area (Å²) in [6.07, 6.45) is 2.12. The summed E-state index contributed by atoms with van der Waals surface area (Å²) in [7, 11) is 1.67. The molecule has 1 heterocycles. The summed E-state index contributed by atoms with van der Waals surface area (Å²) in [5.74, 6) is 0.667. The van der Waals surface area contributed by atoms with Gasteiger partial charge < -0.3 is 9.64 Å². The van der Waals surface area contributed by atoms with Crippen molar-refractivity contribution >= 4 is 5.91 Å². The van der Waals surface area contributed by atoms with Gasteiger partial charge in [-0.1, -0.05) is 27.2 Å². The molecule has 0 aromatic carbocycles. The maximum atomic E-state index is 12.1. The van der Waals surface area contributed by atoms with Crippen LogP contribution in [0.4, 0.5) is 0 Å². The van der Waals surface area contributed by atoms with Gasteiger partial charge in [-0.3, -0.25) is 10.1 Å². The predicted octanol–water partition coefficient (Wildman–Crippen LogP) is 1.22. The monoisotopic (exact) mass is 228 g/mol. The Kier molecular flexibility index (Phi) is 5.22. The van der Waals surface area contributed by atoms with Crippen LogP contribution >= 0.6 is 0 Å². The quantitative estimate of drug-likeness (QED) is 0.743. The molecule has 1 aliphatic heterocycles. The van der Waals surface area contributed by atoms with Crippen LogP contribution in [0.15, 0.2) is 0 Å². The molecule has 0 spiro atoms. The highest BCUT2D eigenvalue weighted by Gasteiger charge is 2.38. The molecule has 1 N–H and O–H groups in total.